The summed E-state index contributed by atoms with van der Waals surface area (Å²) in [6, 6.07) is 22.4. The Labute approximate surface area is 181 Å². The van der Waals surface area contributed by atoms with Crippen LogP contribution in [0.2, 0.25) is 0 Å². The minimum Gasteiger partial charge on any atom is -0.364 e. The fourth-order valence-corrected chi connectivity index (χ4v) is 6.02. The monoisotopic (exact) mass is 440 g/mol. The number of benzene rings is 3. The summed E-state index contributed by atoms with van der Waals surface area (Å²) in [5.74, 6) is 0. The van der Waals surface area contributed by atoms with Crippen LogP contribution in [0.25, 0.3) is 10.8 Å². The molecule has 4 aromatic rings. The summed E-state index contributed by atoms with van der Waals surface area (Å²) in [5.41, 5.74) is 2.47. The van der Waals surface area contributed by atoms with Crippen LogP contribution in [0.4, 0.5) is 10.8 Å². The van der Waals surface area contributed by atoms with Gasteiger partial charge in [-0.25, -0.2) is 12.5 Å². The van der Waals surface area contributed by atoms with Crippen LogP contribution in [-0.4, -0.2) is 24.1 Å². The third-order valence-electron chi connectivity index (χ3n) is 5.56. The van der Waals surface area contributed by atoms with E-state index in [0.717, 1.165) is 35.8 Å². The maximum atomic E-state index is 12.7. The van der Waals surface area contributed by atoms with Gasteiger partial charge in [0.25, 0.3) is 10.0 Å². The summed E-state index contributed by atoms with van der Waals surface area (Å²) in [6.45, 7) is 0.991. The lowest BCUT2D eigenvalue weighted by molar-refractivity contribution is 0.601. The number of nitrogens with one attached hydrogen (secondary N) is 1. The fraction of sp³-hybridized carbons (Fsp3) is 0.227. The number of anilines is 2. The lowest BCUT2D eigenvalue weighted by Crippen LogP contribution is -2.22. The molecule has 1 saturated heterocycles. The second kappa shape index (κ2) is 7.45. The van der Waals surface area contributed by atoms with Gasteiger partial charge < -0.3 is 4.90 Å². The molecular formula is C22H24N4O2S2. The Kier molecular flexibility index (Phi) is 4.75. The highest BCUT2D eigenvalue weighted by Gasteiger charge is 2.27. The Balaban J connectivity index is 0.00000231. The molecule has 5 rings (SSSR count). The molecule has 1 aliphatic rings. The van der Waals surface area contributed by atoms with Crippen LogP contribution in [0, 0.1) is 0 Å². The molecule has 6 nitrogen and oxygen atoms in total. The van der Waals surface area contributed by atoms with Crippen LogP contribution in [-0.2, 0) is 17.1 Å². The Morgan fingerprint density at radius 2 is 1.90 bits per heavy atom. The van der Waals surface area contributed by atoms with Crippen LogP contribution < -0.4 is 9.62 Å². The van der Waals surface area contributed by atoms with Gasteiger partial charge in [-0.1, -0.05) is 48.5 Å². The van der Waals surface area contributed by atoms with Crippen molar-refractivity contribution in [1.29, 1.82) is 0 Å². The fourth-order valence-electron chi connectivity index (χ4n) is 4.21. The van der Waals surface area contributed by atoms with Crippen molar-refractivity contribution in [3.05, 3.63) is 72.3 Å². The van der Waals surface area contributed by atoms with E-state index < -0.39 is 10.0 Å². The van der Waals surface area contributed by atoms with Gasteiger partial charge >= 0.3 is 0 Å². The maximum Gasteiger partial charge on any atom is 0.263 e. The van der Waals surface area contributed by atoms with E-state index in [4.69, 9.17) is 0 Å². The van der Waals surface area contributed by atoms with Gasteiger partial charge in [-0.15, -0.1) is 5.10 Å². The summed E-state index contributed by atoms with van der Waals surface area (Å²) in [7, 11) is -1.90. The molecule has 8 heteroatoms. The van der Waals surface area contributed by atoms with Gasteiger partial charge in [0.2, 0.25) is 5.13 Å². The topological polar surface area (TPSA) is 67.2 Å². The lowest BCUT2D eigenvalue weighted by Gasteiger charge is -2.28. The number of rotatable bonds is 5. The molecule has 0 amide bonds. The van der Waals surface area contributed by atoms with Crippen molar-refractivity contribution < 1.29 is 9.84 Å². The molecule has 1 aromatic heterocycles. The predicted octanol–water partition coefficient (Wildman–Crippen LogP) is 5.02. The van der Waals surface area contributed by atoms with Gasteiger partial charge in [0.1, 0.15) is 0 Å². The number of hydrogen-bond donors (Lipinski definition) is 1. The minimum atomic E-state index is -3.66. The summed E-state index contributed by atoms with van der Waals surface area (Å²) in [5, 5.41) is 6.37. The Bertz CT molecular complexity index is 1290. The number of sulfonamides is 1. The number of hydrogen-bond acceptors (Lipinski definition) is 5. The molecule has 30 heavy (non-hydrogen) atoms. The normalized spacial score (nSPS) is 17.0. The second-order valence-electron chi connectivity index (χ2n) is 7.49. The highest BCUT2D eigenvalue weighted by Crippen LogP contribution is 2.39. The van der Waals surface area contributed by atoms with Crippen molar-refractivity contribution in [1.82, 2.24) is 9.17 Å². The van der Waals surface area contributed by atoms with Crippen molar-refractivity contribution >= 4 is 43.1 Å². The third kappa shape index (κ3) is 3.46. The van der Waals surface area contributed by atoms with Crippen LogP contribution in [0.15, 0.2) is 71.6 Å². The van der Waals surface area contributed by atoms with Crippen molar-refractivity contribution in [2.75, 3.05) is 16.2 Å². The molecule has 1 aliphatic heterocycles. The number of nitrogens with zero attached hydrogens (tertiary/aromatic N) is 3. The van der Waals surface area contributed by atoms with E-state index in [1.165, 1.54) is 17.1 Å². The molecule has 0 bridgehead atoms. The molecule has 0 aliphatic carbocycles. The summed E-state index contributed by atoms with van der Waals surface area (Å²) < 4.78 is 29.6. The highest BCUT2D eigenvalue weighted by molar-refractivity contribution is 7.93. The first-order valence-corrected chi connectivity index (χ1v) is 12.1. The van der Waals surface area contributed by atoms with E-state index >= 15 is 0 Å². The van der Waals surface area contributed by atoms with Crippen molar-refractivity contribution in [2.45, 2.75) is 23.8 Å². The first-order chi connectivity index (χ1) is 14.5. The molecule has 0 spiro atoms. The van der Waals surface area contributed by atoms with Crippen molar-refractivity contribution in [3.63, 3.8) is 0 Å². The molecule has 3 aromatic carbocycles. The number of aromatic nitrogens is 2. The van der Waals surface area contributed by atoms with E-state index in [-0.39, 0.29) is 6.32 Å². The quantitative estimate of drug-likeness (QED) is 0.473. The zero-order chi connectivity index (χ0) is 20.7. The molecule has 1 unspecified atom stereocenters. The van der Waals surface area contributed by atoms with E-state index in [1.54, 1.807) is 23.3 Å². The lowest BCUT2D eigenvalue weighted by atomic mass is 10.0. The molecule has 1 N–H and O–H groups in total. The van der Waals surface area contributed by atoms with E-state index in [2.05, 4.69) is 45.1 Å². The van der Waals surface area contributed by atoms with Crippen LogP contribution >= 0.6 is 11.5 Å². The molecule has 2 heterocycles. The molecular weight excluding hydrogens is 416 g/mol. The second-order valence-corrected chi connectivity index (χ2v) is 10.3. The molecule has 1 fully saturated rings. The van der Waals surface area contributed by atoms with Gasteiger partial charge in [0.15, 0.2) is 0 Å². The summed E-state index contributed by atoms with van der Waals surface area (Å²) in [4.78, 5) is 2.69. The smallest absolute Gasteiger partial charge is 0.263 e. The zero-order valence-electron chi connectivity index (χ0n) is 16.5. The van der Waals surface area contributed by atoms with E-state index in [9.17, 15) is 8.42 Å². The van der Waals surface area contributed by atoms with Crippen molar-refractivity contribution in [3.8, 4) is 0 Å². The average Bonchev–Trinajstić information content (AvgIpc) is 3.22. The number of aryl methyl sites for hydroxylation is 1. The summed E-state index contributed by atoms with van der Waals surface area (Å²) >= 11 is 1.26. The van der Waals surface area contributed by atoms with Crippen molar-refractivity contribution in [2.24, 2.45) is 7.05 Å². The van der Waals surface area contributed by atoms with Gasteiger partial charge in [0.05, 0.1) is 10.9 Å². The van der Waals surface area contributed by atoms with Gasteiger partial charge in [-0.2, -0.15) is 0 Å². The Morgan fingerprint density at radius 3 is 2.67 bits per heavy atom. The van der Waals surface area contributed by atoms with Gasteiger partial charge in [-0.05, 0) is 42.0 Å². The standard InChI is InChI=1S/C22H22N4O2S2.H2/c1-25-23-22(29-25)24-30(27,28)18-12-13-19-17(15-18)9-5-10-21(19)26-14-6-11-20(26)16-7-3-2-4-8-16;/h2-5,7-10,12-13,15,20H,6,11,14H2,1H3,(H,23,24);1H. The van der Waals surface area contributed by atoms with Crippen LogP contribution in [0.3, 0.4) is 0 Å². The minimum absolute atomic E-state index is 0. The zero-order valence-corrected chi connectivity index (χ0v) is 18.2. The molecule has 156 valence electrons. The maximum absolute atomic E-state index is 12.7. The molecule has 0 radical (unpaired) electrons. The van der Waals surface area contributed by atoms with Gasteiger partial charge in [0, 0.05) is 37.6 Å². The first-order valence-electron chi connectivity index (χ1n) is 9.89. The number of fused-ring (bicyclic) bond motifs is 1. The third-order valence-corrected chi connectivity index (χ3v) is 7.73. The van der Waals surface area contributed by atoms with Crippen LogP contribution in [0.5, 0.6) is 0 Å². The van der Waals surface area contributed by atoms with E-state index in [1.807, 2.05) is 24.3 Å². The first kappa shape index (κ1) is 19.1. The Hall–Kier alpha value is -2.84. The largest absolute Gasteiger partial charge is 0.364 e. The van der Waals surface area contributed by atoms with Gasteiger partial charge in [-0.3, -0.25) is 4.72 Å². The molecule has 1 atom stereocenters. The van der Waals surface area contributed by atoms with E-state index in [0.29, 0.717) is 11.2 Å². The summed E-state index contributed by atoms with van der Waals surface area (Å²) in [6.07, 6.45) is 2.26. The SMILES string of the molecule is Cn1nc(NS(=O)(=O)c2ccc3c(N4CCCC4c4ccccc4)cccc3c2)s1.[HH]. The predicted molar refractivity (Wildman–Crippen MR) is 124 cm³/mol. The molecule has 0 saturated carbocycles. The van der Waals surface area contributed by atoms with Crippen LogP contribution in [0.1, 0.15) is 25.9 Å². The Morgan fingerprint density at radius 1 is 1.10 bits per heavy atom. The highest BCUT2D eigenvalue weighted by atomic mass is 32.2. The average molecular weight is 441 g/mol.